The summed E-state index contributed by atoms with van der Waals surface area (Å²) >= 11 is 5.89. The number of hydrogen-bond acceptors (Lipinski definition) is 2. The second kappa shape index (κ2) is 3.87. The number of ether oxygens (including phenoxy) is 1. The average Bonchev–Trinajstić information content (AvgIpc) is 2.67. The van der Waals surface area contributed by atoms with Crippen LogP contribution in [0.15, 0.2) is 18.2 Å². The van der Waals surface area contributed by atoms with Crippen LogP contribution in [0.25, 0.3) is 0 Å². The molecule has 1 aromatic heterocycles. The number of halogens is 1. The van der Waals surface area contributed by atoms with Gasteiger partial charge in [0.1, 0.15) is 5.15 Å². The fraction of sp³-hybridized carbons (Fsp3) is 0.545. The van der Waals surface area contributed by atoms with Crippen molar-refractivity contribution in [1.82, 2.24) is 4.98 Å². The summed E-state index contributed by atoms with van der Waals surface area (Å²) in [6, 6.07) is 5.81. The topological polar surface area (TPSA) is 22.1 Å². The van der Waals surface area contributed by atoms with Crippen molar-refractivity contribution in [2.45, 2.75) is 25.2 Å². The third-order valence-electron chi connectivity index (χ3n) is 3.04. The second-order valence-electron chi connectivity index (χ2n) is 3.78. The van der Waals surface area contributed by atoms with Gasteiger partial charge >= 0.3 is 0 Å². The Kier molecular flexibility index (Phi) is 2.75. The number of hydrogen-bond donors (Lipinski definition) is 0. The molecular formula is C11H14ClNO. The molecule has 1 unspecified atom stereocenters. The second-order valence-corrected chi connectivity index (χ2v) is 4.17. The first-order valence-electron chi connectivity index (χ1n) is 4.98. The highest BCUT2D eigenvalue weighted by Gasteiger charge is 2.36. The summed E-state index contributed by atoms with van der Waals surface area (Å²) < 4.78 is 5.46. The van der Waals surface area contributed by atoms with E-state index >= 15 is 0 Å². The summed E-state index contributed by atoms with van der Waals surface area (Å²) in [7, 11) is 0. The Hall–Kier alpha value is -0.600. The van der Waals surface area contributed by atoms with Crippen LogP contribution < -0.4 is 0 Å². The van der Waals surface area contributed by atoms with Crippen molar-refractivity contribution in [3.05, 3.63) is 29.0 Å². The predicted molar refractivity (Wildman–Crippen MR) is 56.7 cm³/mol. The molecular weight excluding hydrogens is 198 g/mol. The van der Waals surface area contributed by atoms with Crippen LogP contribution in [0.5, 0.6) is 0 Å². The summed E-state index contributed by atoms with van der Waals surface area (Å²) in [6.07, 6.45) is 2.11. The minimum atomic E-state index is 0.102. The Balaban J connectivity index is 2.35. The zero-order chi connectivity index (χ0) is 10.0. The lowest BCUT2D eigenvalue weighted by atomic mass is 9.81. The van der Waals surface area contributed by atoms with Gasteiger partial charge in [-0.25, -0.2) is 4.98 Å². The van der Waals surface area contributed by atoms with Gasteiger partial charge in [0.2, 0.25) is 0 Å². The molecule has 0 bridgehead atoms. The van der Waals surface area contributed by atoms with Gasteiger partial charge in [0, 0.05) is 12.0 Å². The van der Waals surface area contributed by atoms with Crippen LogP contribution in [-0.2, 0) is 10.2 Å². The summed E-state index contributed by atoms with van der Waals surface area (Å²) in [5, 5.41) is 0.572. The maximum absolute atomic E-state index is 5.89. The fourth-order valence-corrected chi connectivity index (χ4v) is 2.14. The number of nitrogens with zero attached hydrogens (tertiary/aromatic N) is 1. The van der Waals surface area contributed by atoms with E-state index in [1.165, 1.54) is 0 Å². The highest BCUT2D eigenvalue weighted by molar-refractivity contribution is 6.29. The molecule has 2 heterocycles. The van der Waals surface area contributed by atoms with E-state index in [2.05, 4.69) is 11.9 Å². The molecule has 2 nitrogen and oxygen atoms in total. The molecule has 0 radical (unpaired) electrons. The van der Waals surface area contributed by atoms with Gasteiger partial charge in [-0.1, -0.05) is 24.6 Å². The monoisotopic (exact) mass is 211 g/mol. The lowest BCUT2D eigenvalue weighted by Gasteiger charge is -2.24. The first-order valence-corrected chi connectivity index (χ1v) is 5.35. The molecule has 3 heteroatoms. The van der Waals surface area contributed by atoms with E-state index in [1.54, 1.807) is 0 Å². The molecule has 1 saturated heterocycles. The summed E-state index contributed by atoms with van der Waals surface area (Å²) in [4.78, 5) is 4.38. The molecule has 0 aromatic carbocycles. The molecule has 0 amide bonds. The Morgan fingerprint density at radius 1 is 1.57 bits per heavy atom. The van der Waals surface area contributed by atoms with E-state index < -0.39 is 0 Å². The van der Waals surface area contributed by atoms with Crippen molar-refractivity contribution in [1.29, 1.82) is 0 Å². The smallest absolute Gasteiger partial charge is 0.129 e. The van der Waals surface area contributed by atoms with Gasteiger partial charge in [-0.15, -0.1) is 0 Å². The third kappa shape index (κ3) is 1.64. The molecule has 0 aliphatic carbocycles. The molecule has 1 aromatic rings. The lowest BCUT2D eigenvalue weighted by molar-refractivity contribution is 0.174. The van der Waals surface area contributed by atoms with E-state index in [0.717, 1.165) is 31.7 Å². The zero-order valence-corrected chi connectivity index (χ0v) is 9.05. The van der Waals surface area contributed by atoms with Crippen molar-refractivity contribution in [3.8, 4) is 0 Å². The molecule has 0 N–H and O–H groups in total. The van der Waals surface area contributed by atoms with Crippen LogP contribution in [0.4, 0.5) is 0 Å². The highest BCUT2D eigenvalue weighted by Crippen LogP contribution is 2.35. The summed E-state index contributed by atoms with van der Waals surface area (Å²) in [5.74, 6) is 0. The molecule has 1 aliphatic rings. The zero-order valence-electron chi connectivity index (χ0n) is 8.29. The van der Waals surface area contributed by atoms with Crippen LogP contribution in [0, 0.1) is 0 Å². The number of rotatable bonds is 2. The molecule has 1 fully saturated rings. The third-order valence-corrected chi connectivity index (χ3v) is 3.25. The minimum Gasteiger partial charge on any atom is -0.380 e. The molecule has 2 rings (SSSR count). The van der Waals surface area contributed by atoms with Gasteiger partial charge in [0.15, 0.2) is 0 Å². The Morgan fingerprint density at radius 2 is 2.43 bits per heavy atom. The predicted octanol–water partition coefficient (Wildman–Crippen LogP) is 2.80. The van der Waals surface area contributed by atoms with Crippen molar-refractivity contribution in [3.63, 3.8) is 0 Å². The Bertz CT molecular complexity index is 321. The van der Waals surface area contributed by atoms with Crippen molar-refractivity contribution < 1.29 is 4.74 Å². The maximum atomic E-state index is 5.89. The van der Waals surface area contributed by atoms with E-state index in [4.69, 9.17) is 16.3 Å². The van der Waals surface area contributed by atoms with E-state index in [1.807, 2.05) is 18.2 Å². The van der Waals surface area contributed by atoms with Crippen molar-refractivity contribution in [2.75, 3.05) is 13.2 Å². The molecule has 0 saturated carbocycles. The number of pyridine rings is 1. The Labute approximate surface area is 89.3 Å². The van der Waals surface area contributed by atoms with Crippen LogP contribution in [0.2, 0.25) is 5.15 Å². The Morgan fingerprint density at radius 3 is 3.00 bits per heavy atom. The van der Waals surface area contributed by atoms with E-state index in [-0.39, 0.29) is 5.41 Å². The van der Waals surface area contributed by atoms with Gasteiger partial charge in [-0.05, 0) is 25.0 Å². The highest BCUT2D eigenvalue weighted by atomic mass is 35.5. The van der Waals surface area contributed by atoms with Crippen molar-refractivity contribution in [2.24, 2.45) is 0 Å². The standard InChI is InChI=1S/C11H14ClNO/c1-2-11(6-7-14-8-11)9-4-3-5-10(12)13-9/h3-5H,2,6-8H2,1H3. The quantitative estimate of drug-likeness (QED) is 0.702. The fourth-order valence-electron chi connectivity index (χ4n) is 1.97. The molecule has 1 aliphatic heterocycles. The van der Waals surface area contributed by atoms with Crippen LogP contribution >= 0.6 is 11.6 Å². The largest absolute Gasteiger partial charge is 0.380 e. The lowest BCUT2D eigenvalue weighted by Crippen LogP contribution is -2.26. The normalized spacial score (nSPS) is 26.7. The van der Waals surface area contributed by atoms with E-state index in [0.29, 0.717) is 5.15 Å². The first kappa shape index (κ1) is 9.94. The maximum Gasteiger partial charge on any atom is 0.129 e. The summed E-state index contributed by atoms with van der Waals surface area (Å²) in [6.45, 7) is 3.79. The van der Waals surface area contributed by atoms with Gasteiger partial charge in [0.25, 0.3) is 0 Å². The van der Waals surface area contributed by atoms with Gasteiger partial charge in [-0.3, -0.25) is 0 Å². The van der Waals surface area contributed by atoms with Gasteiger partial charge in [0.05, 0.1) is 12.3 Å². The van der Waals surface area contributed by atoms with Crippen LogP contribution in [0.1, 0.15) is 25.5 Å². The number of aromatic nitrogens is 1. The van der Waals surface area contributed by atoms with Gasteiger partial charge < -0.3 is 4.74 Å². The molecule has 1 atom stereocenters. The molecule has 76 valence electrons. The van der Waals surface area contributed by atoms with Crippen molar-refractivity contribution >= 4 is 11.6 Å². The molecule has 0 spiro atoms. The van der Waals surface area contributed by atoms with E-state index in [9.17, 15) is 0 Å². The average molecular weight is 212 g/mol. The van der Waals surface area contributed by atoms with Crippen LogP contribution in [-0.4, -0.2) is 18.2 Å². The minimum absolute atomic E-state index is 0.102. The van der Waals surface area contributed by atoms with Crippen LogP contribution in [0.3, 0.4) is 0 Å². The molecule has 14 heavy (non-hydrogen) atoms. The summed E-state index contributed by atoms with van der Waals surface area (Å²) in [5.41, 5.74) is 1.18. The first-order chi connectivity index (χ1) is 6.77. The van der Waals surface area contributed by atoms with Gasteiger partial charge in [-0.2, -0.15) is 0 Å². The SMILES string of the molecule is CCC1(c2cccc(Cl)n2)CCOC1.